The number of benzene rings is 1. The quantitative estimate of drug-likeness (QED) is 0.779. The lowest BCUT2D eigenvalue weighted by Crippen LogP contribution is -2.22. The highest BCUT2D eigenvalue weighted by Gasteiger charge is 2.09. The third-order valence-electron chi connectivity index (χ3n) is 2.66. The van der Waals surface area contributed by atoms with Gasteiger partial charge in [-0.3, -0.25) is 4.79 Å². The Morgan fingerprint density at radius 1 is 1.50 bits per heavy atom. The first-order valence-electron chi connectivity index (χ1n) is 5.96. The summed E-state index contributed by atoms with van der Waals surface area (Å²) in [6, 6.07) is 4.89. The molecular weight excluding hydrogens is 235 g/mol. The van der Waals surface area contributed by atoms with Gasteiger partial charge in [0.1, 0.15) is 5.82 Å². The second kappa shape index (κ2) is 6.96. The zero-order valence-corrected chi connectivity index (χ0v) is 10.7. The molecular formula is C13H19FN2O2. The number of carboxylic acids is 1. The van der Waals surface area contributed by atoms with Crippen LogP contribution >= 0.6 is 0 Å². The molecule has 0 unspecified atom stereocenters. The number of nitrogens with one attached hydrogen (secondary N) is 1. The van der Waals surface area contributed by atoms with Crippen LogP contribution in [0.15, 0.2) is 18.2 Å². The molecule has 2 N–H and O–H groups in total. The average molecular weight is 254 g/mol. The SMILES string of the molecule is CCNCc1ccc(F)c(N(C)CCC(=O)O)c1. The molecule has 0 bridgehead atoms. The van der Waals surface area contributed by atoms with Gasteiger partial charge in [-0.1, -0.05) is 13.0 Å². The molecule has 0 saturated heterocycles. The van der Waals surface area contributed by atoms with Gasteiger partial charge in [0.05, 0.1) is 12.1 Å². The number of nitrogens with zero attached hydrogens (tertiary/aromatic N) is 1. The van der Waals surface area contributed by atoms with Crippen molar-refractivity contribution in [1.29, 1.82) is 0 Å². The molecule has 100 valence electrons. The summed E-state index contributed by atoms with van der Waals surface area (Å²) in [7, 11) is 1.69. The summed E-state index contributed by atoms with van der Waals surface area (Å²) in [5.41, 5.74) is 1.42. The number of aliphatic carboxylic acids is 1. The minimum absolute atomic E-state index is 0.00657. The lowest BCUT2D eigenvalue weighted by Gasteiger charge is -2.20. The van der Waals surface area contributed by atoms with Crippen LogP contribution in [0.3, 0.4) is 0 Å². The first kappa shape index (κ1) is 14.4. The lowest BCUT2D eigenvalue weighted by molar-refractivity contribution is -0.136. The van der Waals surface area contributed by atoms with E-state index in [1.807, 2.05) is 6.92 Å². The molecule has 1 aromatic carbocycles. The standard InChI is InChI=1S/C13H19FN2O2/c1-3-15-9-10-4-5-11(14)12(8-10)16(2)7-6-13(17)18/h4-5,8,15H,3,6-7,9H2,1-2H3,(H,17,18). The monoisotopic (exact) mass is 254 g/mol. The molecule has 0 spiro atoms. The van der Waals surface area contributed by atoms with Gasteiger partial charge in [0.25, 0.3) is 0 Å². The Morgan fingerprint density at radius 3 is 2.83 bits per heavy atom. The molecule has 0 fully saturated rings. The van der Waals surface area contributed by atoms with Crippen LogP contribution in [0.25, 0.3) is 0 Å². The van der Waals surface area contributed by atoms with E-state index in [0.717, 1.165) is 12.1 Å². The van der Waals surface area contributed by atoms with Gasteiger partial charge >= 0.3 is 5.97 Å². The van der Waals surface area contributed by atoms with Crippen LogP contribution in [0.5, 0.6) is 0 Å². The summed E-state index contributed by atoms with van der Waals surface area (Å²) >= 11 is 0. The molecule has 0 aliphatic rings. The molecule has 0 aromatic heterocycles. The van der Waals surface area contributed by atoms with Gasteiger partial charge < -0.3 is 15.3 Å². The maximum atomic E-state index is 13.7. The molecule has 0 atom stereocenters. The smallest absolute Gasteiger partial charge is 0.305 e. The van der Waals surface area contributed by atoms with Gasteiger partial charge in [0.15, 0.2) is 0 Å². The van der Waals surface area contributed by atoms with E-state index in [-0.39, 0.29) is 18.8 Å². The van der Waals surface area contributed by atoms with Crippen molar-refractivity contribution in [1.82, 2.24) is 5.32 Å². The molecule has 0 radical (unpaired) electrons. The van der Waals surface area contributed by atoms with Crippen molar-refractivity contribution in [3.8, 4) is 0 Å². The van der Waals surface area contributed by atoms with Crippen LogP contribution < -0.4 is 10.2 Å². The Morgan fingerprint density at radius 2 is 2.22 bits per heavy atom. The minimum Gasteiger partial charge on any atom is -0.481 e. The van der Waals surface area contributed by atoms with E-state index >= 15 is 0 Å². The van der Waals surface area contributed by atoms with Crippen molar-refractivity contribution in [3.05, 3.63) is 29.6 Å². The van der Waals surface area contributed by atoms with Crippen LogP contribution in [-0.4, -0.2) is 31.2 Å². The molecule has 0 aliphatic carbocycles. The molecule has 1 aromatic rings. The Balaban J connectivity index is 2.75. The molecule has 1 rings (SSSR count). The Kier molecular flexibility index (Phi) is 5.58. The summed E-state index contributed by atoms with van der Waals surface area (Å²) < 4.78 is 13.7. The normalized spacial score (nSPS) is 10.4. The summed E-state index contributed by atoms with van der Waals surface area (Å²) in [5, 5.41) is 11.8. The molecule has 4 nitrogen and oxygen atoms in total. The predicted octanol–water partition coefficient (Wildman–Crippen LogP) is 1.85. The largest absolute Gasteiger partial charge is 0.481 e. The highest BCUT2D eigenvalue weighted by molar-refractivity contribution is 5.67. The Labute approximate surface area is 106 Å². The second-order valence-corrected chi connectivity index (χ2v) is 4.13. The van der Waals surface area contributed by atoms with E-state index in [1.54, 1.807) is 24.1 Å². The lowest BCUT2D eigenvalue weighted by atomic mass is 10.1. The van der Waals surface area contributed by atoms with Crippen molar-refractivity contribution >= 4 is 11.7 Å². The van der Waals surface area contributed by atoms with Gasteiger partial charge in [-0.2, -0.15) is 0 Å². The van der Waals surface area contributed by atoms with E-state index in [0.29, 0.717) is 12.2 Å². The fourth-order valence-corrected chi connectivity index (χ4v) is 1.61. The summed E-state index contributed by atoms with van der Waals surface area (Å²) in [6.45, 7) is 3.82. The van der Waals surface area contributed by atoms with Crippen LogP contribution in [0.4, 0.5) is 10.1 Å². The molecule has 0 amide bonds. The van der Waals surface area contributed by atoms with Gasteiger partial charge in [0, 0.05) is 20.1 Å². The number of carbonyl (C=O) groups is 1. The molecule has 0 saturated carbocycles. The van der Waals surface area contributed by atoms with E-state index < -0.39 is 5.97 Å². The van der Waals surface area contributed by atoms with E-state index in [9.17, 15) is 9.18 Å². The van der Waals surface area contributed by atoms with Gasteiger partial charge in [0.2, 0.25) is 0 Å². The molecule has 0 aliphatic heterocycles. The maximum absolute atomic E-state index is 13.7. The van der Waals surface area contributed by atoms with E-state index in [1.165, 1.54) is 6.07 Å². The molecule has 18 heavy (non-hydrogen) atoms. The number of carboxylic acid groups (broad SMARTS) is 1. The van der Waals surface area contributed by atoms with Crippen LogP contribution in [-0.2, 0) is 11.3 Å². The average Bonchev–Trinajstić information content (AvgIpc) is 2.35. The Bertz CT molecular complexity index is 410. The summed E-state index contributed by atoms with van der Waals surface area (Å²) in [6.07, 6.45) is -0.00657. The number of hydrogen-bond acceptors (Lipinski definition) is 3. The number of anilines is 1. The van der Waals surface area contributed by atoms with Gasteiger partial charge in [-0.15, -0.1) is 0 Å². The fourth-order valence-electron chi connectivity index (χ4n) is 1.61. The second-order valence-electron chi connectivity index (χ2n) is 4.13. The topological polar surface area (TPSA) is 52.6 Å². The third kappa shape index (κ3) is 4.33. The van der Waals surface area contributed by atoms with Crippen molar-refractivity contribution in [3.63, 3.8) is 0 Å². The fraction of sp³-hybridized carbons (Fsp3) is 0.462. The zero-order chi connectivity index (χ0) is 13.5. The van der Waals surface area contributed by atoms with Crippen molar-refractivity contribution in [2.45, 2.75) is 19.9 Å². The zero-order valence-electron chi connectivity index (χ0n) is 10.7. The van der Waals surface area contributed by atoms with Crippen LogP contribution in [0.2, 0.25) is 0 Å². The highest BCUT2D eigenvalue weighted by atomic mass is 19.1. The molecule has 0 heterocycles. The Hall–Kier alpha value is -1.62. The van der Waals surface area contributed by atoms with Crippen molar-refractivity contribution in [2.24, 2.45) is 0 Å². The molecule has 5 heteroatoms. The minimum atomic E-state index is -0.883. The number of hydrogen-bond donors (Lipinski definition) is 2. The van der Waals surface area contributed by atoms with Gasteiger partial charge in [-0.05, 0) is 24.2 Å². The summed E-state index contributed by atoms with van der Waals surface area (Å²) in [5.74, 6) is -1.21. The van der Waals surface area contributed by atoms with Gasteiger partial charge in [-0.25, -0.2) is 4.39 Å². The van der Waals surface area contributed by atoms with E-state index in [4.69, 9.17) is 5.11 Å². The van der Waals surface area contributed by atoms with E-state index in [2.05, 4.69) is 5.32 Å². The first-order chi connectivity index (χ1) is 8.54. The first-order valence-corrected chi connectivity index (χ1v) is 5.96. The summed E-state index contributed by atoms with van der Waals surface area (Å²) in [4.78, 5) is 12.1. The highest BCUT2D eigenvalue weighted by Crippen LogP contribution is 2.20. The number of rotatable bonds is 7. The predicted molar refractivity (Wildman–Crippen MR) is 69.3 cm³/mol. The van der Waals surface area contributed by atoms with Crippen molar-refractivity contribution < 1.29 is 14.3 Å². The third-order valence-corrected chi connectivity index (χ3v) is 2.66. The van der Waals surface area contributed by atoms with Crippen molar-refractivity contribution in [2.75, 3.05) is 25.0 Å². The number of halogens is 1. The van der Waals surface area contributed by atoms with Crippen LogP contribution in [0.1, 0.15) is 18.9 Å². The van der Waals surface area contributed by atoms with Crippen LogP contribution in [0, 0.1) is 5.82 Å². The maximum Gasteiger partial charge on any atom is 0.305 e.